The van der Waals surface area contributed by atoms with E-state index in [2.05, 4.69) is 11.9 Å². The van der Waals surface area contributed by atoms with E-state index in [0.29, 0.717) is 23.2 Å². The second-order valence-corrected chi connectivity index (χ2v) is 5.01. The van der Waals surface area contributed by atoms with E-state index in [1.165, 1.54) is 12.1 Å². The third-order valence-corrected chi connectivity index (χ3v) is 3.93. The summed E-state index contributed by atoms with van der Waals surface area (Å²) in [5.74, 6) is 1.19. The summed E-state index contributed by atoms with van der Waals surface area (Å²) in [6.45, 7) is 2.29. The van der Waals surface area contributed by atoms with Crippen LogP contribution in [0.2, 0.25) is 5.28 Å². The number of imidazole rings is 1. The lowest BCUT2D eigenvalue weighted by atomic mass is 9.76. The highest BCUT2D eigenvalue weighted by Gasteiger charge is 2.29. The maximum absolute atomic E-state index is 6.02. The van der Waals surface area contributed by atoms with E-state index in [1.807, 2.05) is 17.8 Å². The summed E-state index contributed by atoms with van der Waals surface area (Å²) >= 11 is 5.95. The molecule has 0 saturated heterocycles. The molecular formula is C11H18ClN3. The van der Waals surface area contributed by atoms with E-state index in [0.717, 1.165) is 12.8 Å². The maximum Gasteiger partial charge on any atom is 0.202 e. The molecule has 84 valence electrons. The van der Waals surface area contributed by atoms with E-state index in [9.17, 15) is 0 Å². The molecule has 2 N–H and O–H groups in total. The number of aromatic nitrogens is 2. The summed E-state index contributed by atoms with van der Waals surface area (Å²) in [5.41, 5.74) is 7.24. The summed E-state index contributed by atoms with van der Waals surface area (Å²) in [6.07, 6.45) is 5.29. The van der Waals surface area contributed by atoms with Crippen LogP contribution in [0, 0.1) is 5.92 Å². The van der Waals surface area contributed by atoms with E-state index < -0.39 is 0 Å². The van der Waals surface area contributed by atoms with Crippen LogP contribution in [0.15, 0.2) is 6.20 Å². The fourth-order valence-corrected chi connectivity index (χ4v) is 2.66. The van der Waals surface area contributed by atoms with Crippen LogP contribution in [0.5, 0.6) is 0 Å². The highest BCUT2D eigenvalue weighted by Crippen LogP contribution is 2.37. The number of hydrogen-bond acceptors (Lipinski definition) is 2. The molecule has 0 aliphatic heterocycles. The largest absolute Gasteiger partial charge is 0.328 e. The molecular weight excluding hydrogens is 210 g/mol. The lowest BCUT2D eigenvalue weighted by Crippen LogP contribution is -2.31. The molecule has 0 amide bonds. The molecule has 0 bridgehead atoms. The molecule has 1 saturated carbocycles. The average molecular weight is 228 g/mol. The van der Waals surface area contributed by atoms with Gasteiger partial charge in [0.1, 0.15) is 0 Å². The molecule has 0 aromatic carbocycles. The van der Waals surface area contributed by atoms with Gasteiger partial charge >= 0.3 is 0 Å². The van der Waals surface area contributed by atoms with Gasteiger partial charge in [-0.1, -0.05) is 6.92 Å². The van der Waals surface area contributed by atoms with Crippen molar-refractivity contribution >= 4 is 11.6 Å². The third kappa shape index (κ3) is 2.04. The van der Waals surface area contributed by atoms with Crippen molar-refractivity contribution in [1.29, 1.82) is 0 Å². The molecule has 1 aromatic heterocycles. The monoisotopic (exact) mass is 227 g/mol. The van der Waals surface area contributed by atoms with E-state index in [-0.39, 0.29) is 0 Å². The van der Waals surface area contributed by atoms with Crippen molar-refractivity contribution in [2.24, 2.45) is 18.7 Å². The second-order valence-electron chi connectivity index (χ2n) is 4.67. The second kappa shape index (κ2) is 4.14. The van der Waals surface area contributed by atoms with Gasteiger partial charge in [0.25, 0.3) is 0 Å². The lowest BCUT2D eigenvalue weighted by Gasteiger charge is -2.32. The first kappa shape index (κ1) is 11.0. The molecule has 1 heterocycles. The highest BCUT2D eigenvalue weighted by atomic mass is 35.5. The summed E-state index contributed by atoms with van der Waals surface area (Å²) < 4.78 is 1.97. The minimum atomic E-state index is 0.333. The van der Waals surface area contributed by atoms with Crippen LogP contribution in [0.4, 0.5) is 0 Å². The Morgan fingerprint density at radius 1 is 1.53 bits per heavy atom. The zero-order valence-corrected chi connectivity index (χ0v) is 10.0. The van der Waals surface area contributed by atoms with E-state index >= 15 is 0 Å². The predicted molar refractivity (Wildman–Crippen MR) is 61.9 cm³/mol. The first-order chi connectivity index (χ1) is 7.09. The van der Waals surface area contributed by atoms with Crippen LogP contribution < -0.4 is 5.73 Å². The molecule has 1 aliphatic carbocycles. The predicted octanol–water partition coefficient (Wildman–Crippen LogP) is 2.30. The van der Waals surface area contributed by atoms with Crippen LogP contribution in [0.1, 0.15) is 37.8 Å². The van der Waals surface area contributed by atoms with Crippen LogP contribution in [0.3, 0.4) is 0 Å². The fourth-order valence-electron chi connectivity index (χ4n) is 2.51. The molecule has 15 heavy (non-hydrogen) atoms. The molecule has 2 rings (SSSR count). The minimum absolute atomic E-state index is 0.333. The van der Waals surface area contributed by atoms with E-state index in [1.54, 1.807) is 0 Å². The Hall–Kier alpha value is -0.540. The Labute approximate surface area is 95.6 Å². The molecule has 1 aromatic rings. The molecule has 3 unspecified atom stereocenters. The first-order valence-electron chi connectivity index (χ1n) is 5.52. The summed E-state index contributed by atoms with van der Waals surface area (Å²) in [5, 5.41) is 0.566. The van der Waals surface area contributed by atoms with Gasteiger partial charge in [-0.05, 0) is 36.8 Å². The quantitative estimate of drug-likeness (QED) is 0.800. The van der Waals surface area contributed by atoms with Crippen molar-refractivity contribution < 1.29 is 0 Å². The van der Waals surface area contributed by atoms with E-state index in [4.69, 9.17) is 17.3 Å². The van der Waals surface area contributed by atoms with Gasteiger partial charge in [-0.3, -0.25) is 0 Å². The van der Waals surface area contributed by atoms with Crippen LogP contribution in [-0.2, 0) is 7.05 Å². The molecule has 0 spiro atoms. The lowest BCUT2D eigenvalue weighted by molar-refractivity contribution is 0.292. The van der Waals surface area contributed by atoms with Gasteiger partial charge in [0.2, 0.25) is 5.28 Å². The van der Waals surface area contributed by atoms with Gasteiger partial charge in [0.15, 0.2) is 0 Å². The average Bonchev–Trinajstić information content (AvgIpc) is 2.52. The molecule has 1 fully saturated rings. The summed E-state index contributed by atoms with van der Waals surface area (Å²) in [7, 11) is 1.97. The van der Waals surface area contributed by atoms with Gasteiger partial charge in [0, 0.05) is 24.7 Å². The topological polar surface area (TPSA) is 43.8 Å². The van der Waals surface area contributed by atoms with Crippen molar-refractivity contribution in [3.05, 3.63) is 17.2 Å². The standard InChI is InChI=1S/C11H18ClN3/c1-7-3-4-8(13)5-9(7)10-6-14-11(12)15(10)2/h6-9H,3-5,13H2,1-2H3. The highest BCUT2D eigenvalue weighted by molar-refractivity contribution is 6.28. The normalized spacial score (nSPS) is 31.9. The third-order valence-electron chi connectivity index (χ3n) is 3.58. The van der Waals surface area contributed by atoms with Gasteiger partial charge in [-0.15, -0.1) is 0 Å². The number of nitrogens with two attached hydrogens (primary N) is 1. The first-order valence-corrected chi connectivity index (χ1v) is 5.90. The number of rotatable bonds is 1. The smallest absolute Gasteiger partial charge is 0.202 e. The Morgan fingerprint density at radius 2 is 2.27 bits per heavy atom. The zero-order chi connectivity index (χ0) is 11.0. The molecule has 3 nitrogen and oxygen atoms in total. The number of halogens is 1. The van der Waals surface area contributed by atoms with Crippen molar-refractivity contribution in [1.82, 2.24) is 9.55 Å². The summed E-state index contributed by atoms with van der Waals surface area (Å²) in [4.78, 5) is 4.14. The van der Waals surface area contributed by atoms with Gasteiger partial charge < -0.3 is 10.3 Å². The molecule has 4 heteroatoms. The van der Waals surface area contributed by atoms with Gasteiger partial charge in [-0.25, -0.2) is 4.98 Å². The maximum atomic E-state index is 6.02. The minimum Gasteiger partial charge on any atom is -0.328 e. The Bertz CT molecular complexity index is 348. The number of nitrogens with zero attached hydrogens (tertiary/aromatic N) is 2. The van der Waals surface area contributed by atoms with Crippen molar-refractivity contribution in [3.63, 3.8) is 0 Å². The van der Waals surface area contributed by atoms with Gasteiger partial charge in [0.05, 0.1) is 6.20 Å². The Balaban J connectivity index is 2.25. The molecule has 0 radical (unpaired) electrons. The van der Waals surface area contributed by atoms with Crippen LogP contribution >= 0.6 is 11.6 Å². The van der Waals surface area contributed by atoms with Crippen LogP contribution in [0.25, 0.3) is 0 Å². The molecule has 3 atom stereocenters. The SMILES string of the molecule is CC1CCC(N)CC1c1cnc(Cl)n1C. The van der Waals surface area contributed by atoms with Gasteiger partial charge in [-0.2, -0.15) is 0 Å². The Morgan fingerprint density at radius 3 is 2.87 bits per heavy atom. The summed E-state index contributed by atoms with van der Waals surface area (Å²) in [6, 6.07) is 0.333. The Kier molecular flexibility index (Phi) is 3.03. The number of hydrogen-bond donors (Lipinski definition) is 1. The van der Waals surface area contributed by atoms with Crippen LogP contribution in [-0.4, -0.2) is 15.6 Å². The zero-order valence-electron chi connectivity index (χ0n) is 9.28. The van der Waals surface area contributed by atoms with Crippen molar-refractivity contribution in [3.8, 4) is 0 Å². The van der Waals surface area contributed by atoms with Crippen molar-refractivity contribution in [2.75, 3.05) is 0 Å². The fraction of sp³-hybridized carbons (Fsp3) is 0.727. The van der Waals surface area contributed by atoms with Crippen molar-refractivity contribution in [2.45, 2.75) is 38.1 Å². The molecule has 1 aliphatic rings.